The Labute approximate surface area is 330 Å². The lowest BCUT2D eigenvalue weighted by Gasteiger charge is -2.29. The fourth-order valence-electron chi connectivity index (χ4n) is 6.14. The molecule has 6 heteroatoms. The molecule has 0 aromatic heterocycles. The third-order valence-electron chi connectivity index (χ3n) is 9.09. The van der Waals surface area contributed by atoms with Gasteiger partial charge in [0, 0.05) is 17.7 Å². The maximum atomic E-state index is 10.2. The van der Waals surface area contributed by atoms with Crippen molar-refractivity contribution in [3.63, 3.8) is 0 Å². The molecule has 0 saturated carbocycles. The smallest absolute Gasteiger partial charge is 0.181 e. The normalized spacial score (nSPS) is 15.1. The Bertz CT molecular complexity index is 2450. The van der Waals surface area contributed by atoms with Crippen LogP contribution in [0.3, 0.4) is 0 Å². The van der Waals surface area contributed by atoms with E-state index < -0.39 is 6.08 Å². The second-order valence-electron chi connectivity index (χ2n) is 13.2. The third-order valence-corrected chi connectivity index (χ3v) is 9.09. The Morgan fingerprint density at radius 1 is 0.429 bits per heavy atom. The van der Waals surface area contributed by atoms with Gasteiger partial charge >= 0.3 is 0 Å². The number of fused-ring (bicyclic) bond motifs is 1. The molecule has 6 nitrogen and oxygen atoms in total. The van der Waals surface area contributed by atoms with Gasteiger partial charge in [0.1, 0.15) is 56.0 Å². The largest absolute Gasteiger partial charge is 0.489 e. The molecule has 1 unspecified atom stereocenters. The molecule has 1 aliphatic heterocycles. The van der Waals surface area contributed by atoms with E-state index in [9.17, 15) is 2.74 Å². The van der Waals surface area contributed by atoms with E-state index in [1.54, 1.807) is 30.3 Å². The highest BCUT2D eigenvalue weighted by molar-refractivity contribution is 5.70. The van der Waals surface area contributed by atoms with Crippen molar-refractivity contribution in [1.82, 2.24) is 0 Å². The first-order valence-electron chi connectivity index (χ1n) is 19.6. The monoisotopic (exact) mass is 740 g/mol. The molecule has 0 spiro atoms. The number of ether oxygens (including phenoxy) is 6. The Kier molecular flexibility index (Phi) is 10.8. The van der Waals surface area contributed by atoms with Crippen LogP contribution in [-0.2, 0) is 37.8 Å². The zero-order valence-corrected chi connectivity index (χ0v) is 30.8. The van der Waals surface area contributed by atoms with Crippen molar-refractivity contribution in [1.29, 1.82) is 0 Å². The summed E-state index contributed by atoms with van der Waals surface area (Å²) in [5.41, 5.74) is 5.51. The predicted molar refractivity (Wildman–Crippen MR) is 219 cm³/mol. The molecule has 7 aromatic carbocycles. The van der Waals surface area contributed by atoms with Gasteiger partial charge in [-0.2, -0.15) is 0 Å². The first-order valence-corrected chi connectivity index (χ1v) is 18.6. The van der Waals surface area contributed by atoms with Gasteiger partial charge in [-0.05, 0) is 46.0 Å². The summed E-state index contributed by atoms with van der Waals surface area (Å²) in [6, 6.07) is 57.8. The molecule has 8 rings (SSSR count). The highest BCUT2D eigenvalue weighted by atomic mass is 16.5. The third kappa shape index (κ3) is 9.41. The Morgan fingerprint density at radius 2 is 0.857 bits per heavy atom. The van der Waals surface area contributed by atoms with Crippen LogP contribution in [0.5, 0.6) is 28.7 Å². The molecule has 0 fully saturated rings. The summed E-state index contributed by atoms with van der Waals surface area (Å²) in [5, 5.41) is 0. The van der Waals surface area contributed by atoms with Crippen molar-refractivity contribution in [2.75, 3.05) is 0 Å². The van der Waals surface area contributed by atoms with E-state index in [4.69, 9.17) is 28.4 Å². The van der Waals surface area contributed by atoms with E-state index >= 15 is 0 Å². The lowest BCUT2D eigenvalue weighted by atomic mass is 10.0. The van der Waals surface area contributed by atoms with Crippen LogP contribution in [0.25, 0.3) is 6.05 Å². The molecule has 0 aliphatic carbocycles. The molecule has 0 saturated heterocycles. The summed E-state index contributed by atoms with van der Waals surface area (Å²) in [4.78, 5) is 0. The predicted octanol–water partition coefficient (Wildman–Crippen LogP) is 11.7. The van der Waals surface area contributed by atoms with Gasteiger partial charge in [0.25, 0.3) is 0 Å². The molecule has 1 atom stereocenters. The van der Waals surface area contributed by atoms with Gasteiger partial charge in [-0.15, -0.1) is 0 Å². The second kappa shape index (κ2) is 17.9. The minimum atomic E-state index is -2.03. The van der Waals surface area contributed by atoms with Gasteiger partial charge in [0.15, 0.2) is 17.6 Å². The van der Waals surface area contributed by atoms with Gasteiger partial charge in [0.05, 0.1) is 8.30 Å². The molecule has 1 heterocycles. The molecular weight excluding hydrogens is 697 g/mol. The molecule has 0 N–H and O–H groups in total. The standard InChI is InChI=1S/C50H42O6/c1-6-16-37(17-7-1)32-51-43-29-46(53-34-39-20-10-3-11-21-39)44-31-49(55-36-41-24-14-5-15-25-41)50(56-47(44)30-43)42-26-27-45(52-33-38-18-8-2-9-19-38)48(28-42)54-35-40-22-12-4-13-23-40/h1-31,50H,32-36H2/i31D,50D. The van der Waals surface area contributed by atoms with Gasteiger partial charge < -0.3 is 28.4 Å². The van der Waals surface area contributed by atoms with Crippen molar-refractivity contribution >= 4 is 6.05 Å². The van der Waals surface area contributed by atoms with Gasteiger partial charge in [0.2, 0.25) is 0 Å². The minimum absolute atomic E-state index is 0.00155. The number of rotatable bonds is 16. The van der Waals surface area contributed by atoms with Crippen LogP contribution in [0.15, 0.2) is 188 Å². The van der Waals surface area contributed by atoms with Gasteiger partial charge in [-0.1, -0.05) is 158 Å². The number of hydrogen-bond donors (Lipinski definition) is 0. The molecule has 278 valence electrons. The van der Waals surface area contributed by atoms with Crippen LogP contribution in [0.2, 0.25) is 0 Å². The first kappa shape index (κ1) is 33.6. The fraction of sp³-hybridized carbons (Fsp3) is 0.120. The van der Waals surface area contributed by atoms with Crippen LogP contribution in [0.4, 0.5) is 0 Å². The van der Waals surface area contributed by atoms with Crippen LogP contribution in [-0.4, -0.2) is 0 Å². The fourth-order valence-corrected chi connectivity index (χ4v) is 6.14. The zero-order valence-electron chi connectivity index (χ0n) is 32.8. The average molecular weight is 741 g/mol. The van der Waals surface area contributed by atoms with Crippen LogP contribution >= 0.6 is 0 Å². The summed E-state index contributed by atoms with van der Waals surface area (Å²) in [7, 11) is 0. The van der Waals surface area contributed by atoms with E-state index in [1.807, 2.05) is 152 Å². The highest BCUT2D eigenvalue weighted by Crippen LogP contribution is 2.46. The van der Waals surface area contributed by atoms with Crippen molar-refractivity contribution in [3.8, 4) is 28.7 Å². The van der Waals surface area contributed by atoms with E-state index in [-0.39, 0.29) is 37.4 Å². The van der Waals surface area contributed by atoms with E-state index in [0.717, 1.165) is 27.8 Å². The van der Waals surface area contributed by atoms with E-state index in [1.165, 1.54) is 0 Å². The van der Waals surface area contributed by atoms with Crippen molar-refractivity contribution in [2.24, 2.45) is 0 Å². The number of hydrogen-bond acceptors (Lipinski definition) is 6. The second-order valence-corrected chi connectivity index (χ2v) is 13.2. The van der Waals surface area contributed by atoms with Gasteiger partial charge in [-0.3, -0.25) is 0 Å². The van der Waals surface area contributed by atoms with Crippen LogP contribution in [0.1, 0.15) is 47.8 Å². The maximum Gasteiger partial charge on any atom is 0.181 e. The summed E-state index contributed by atoms with van der Waals surface area (Å²) in [6.07, 6.45) is -2.03. The zero-order chi connectivity index (χ0) is 39.6. The average Bonchev–Trinajstić information content (AvgIpc) is 3.27. The van der Waals surface area contributed by atoms with Crippen LogP contribution in [0, 0.1) is 0 Å². The Morgan fingerprint density at radius 3 is 1.36 bits per heavy atom. The number of benzene rings is 7. The summed E-state index contributed by atoms with van der Waals surface area (Å²) < 4.78 is 58.6. The summed E-state index contributed by atoms with van der Waals surface area (Å²) >= 11 is 0. The van der Waals surface area contributed by atoms with E-state index in [2.05, 4.69) is 0 Å². The molecular formula is C50H42O6. The topological polar surface area (TPSA) is 55.4 Å². The van der Waals surface area contributed by atoms with Gasteiger partial charge in [-0.25, -0.2) is 0 Å². The lowest BCUT2D eigenvalue weighted by molar-refractivity contribution is 0.106. The lowest BCUT2D eigenvalue weighted by Crippen LogP contribution is -2.18. The van der Waals surface area contributed by atoms with E-state index in [0.29, 0.717) is 47.3 Å². The maximum absolute atomic E-state index is 10.2. The molecule has 7 aromatic rings. The Hall–Kier alpha value is -6.92. The molecule has 1 aliphatic rings. The van der Waals surface area contributed by atoms with Crippen molar-refractivity contribution in [2.45, 2.75) is 39.1 Å². The first-order chi connectivity index (χ1) is 28.5. The molecule has 0 radical (unpaired) electrons. The molecule has 0 bridgehead atoms. The molecule has 56 heavy (non-hydrogen) atoms. The minimum Gasteiger partial charge on any atom is -0.489 e. The Balaban J connectivity index is 1.21. The molecule has 0 amide bonds. The summed E-state index contributed by atoms with van der Waals surface area (Å²) in [6.45, 7) is 1.22. The van der Waals surface area contributed by atoms with Crippen molar-refractivity contribution < 1.29 is 31.2 Å². The quantitative estimate of drug-likeness (QED) is 0.0983. The van der Waals surface area contributed by atoms with Crippen molar-refractivity contribution in [3.05, 3.63) is 227 Å². The highest BCUT2D eigenvalue weighted by Gasteiger charge is 2.30. The SMILES string of the molecule is [2H]C1=C(OCc2ccccc2)C([2H])(c2ccc(OCc3ccccc3)c(OCc3ccccc3)c2)Oc2cc(OCc3ccccc3)cc(OCc3ccccc3)c21. The van der Waals surface area contributed by atoms with Crippen LogP contribution < -0.4 is 23.7 Å². The summed E-state index contributed by atoms with van der Waals surface area (Å²) in [5.74, 6) is 1.99.